The summed E-state index contributed by atoms with van der Waals surface area (Å²) in [5.41, 5.74) is 1.11. The van der Waals surface area contributed by atoms with E-state index < -0.39 is 23.6 Å². The molecule has 1 N–H and O–H groups in total. The molecule has 0 spiro atoms. The van der Waals surface area contributed by atoms with E-state index in [1.54, 1.807) is 12.1 Å². The molecule has 0 bridgehead atoms. The number of rotatable bonds is 12. The number of carboxylic acid groups (broad SMARTS) is 1. The number of halogens is 3. The van der Waals surface area contributed by atoms with Crippen LogP contribution in [0.25, 0.3) is 0 Å². The van der Waals surface area contributed by atoms with Gasteiger partial charge in [-0.1, -0.05) is 36.6 Å². The van der Waals surface area contributed by atoms with Gasteiger partial charge in [-0.05, 0) is 54.2 Å². The second-order valence-corrected chi connectivity index (χ2v) is 10.3. The minimum atomic E-state index is -1.02. The van der Waals surface area contributed by atoms with Gasteiger partial charge in [-0.15, -0.1) is 0 Å². The molecule has 2 amide bonds. The van der Waals surface area contributed by atoms with E-state index in [2.05, 4.69) is 0 Å². The Balaban J connectivity index is 1.50. The topological polar surface area (TPSA) is 87.2 Å². The fourth-order valence-electron chi connectivity index (χ4n) is 5.28. The van der Waals surface area contributed by atoms with Crippen LogP contribution >= 0.6 is 11.6 Å². The Hall–Kier alpha value is -3.04. The zero-order valence-electron chi connectivity index (χ0n) is 21.0. The first kappa shape index (κ1) is 28.0. The summed E-state index contributed by atoms with van der Waals surface area (Å²) in [5, 5.41) is 9.61. The van der Waals surface area contributed by atoms with Gasteiger partial charge in [-0.2, -0.15) is 0 Å². The number of hydrogen-bond acceptors (Lipinski definition) is 5. The van der Waals surface area contributed by atoms with E-state index in [1.807, 2.05) is 4.90 Å². The van der Waals surface area contributed by atoms with Crippen molar-refractivity contribution in [3.05, 3.63) is 64.2 Å². The summed E-state index contributed by atoms with van der Waals surface area (Å²) >= 11 is 5.86. The molecule has 2 aliphatic rings. The van der Waals surface area contributed by atoms with E-state index in [0.717, 1.165) is 30.6 Å². The largest absolute Gasteiger partial charge is 0.489 e. The lowest BCUT2D eigenvalue weighted by Gasteiger charge is -2.33. The van der Waals surface area contributed by atoms with Crippen molar-refractivity contribution < 1.29 is 33.0 Å². The summed E-state index contributed by atoms with van der Waals surface area (Å²) in [6.45, 7) is 0.888. The Morgan fingerprint density at radius 3 is 2.42 bits per heavy atom. The van der Waals surface area contributed by atoms with Crippen molar-refractivity contribution in [2.75, 3.05) is 19.7 Å². The maximum Gasteiger partial charge on any atom is 0.305 e. The molecule has 0 aromatic heterocycles. The first-order valence-electron chi connectivity index (χ1n) is 12.9. The van der Waals surface area contributed by atoms with Crippen LogP contribution in [0, 0.1) is 17.6 Å². The van der Waals surface area contributed by atoms with E-state index in [4.69, 9.17) is 16.3 Å². The second kappa shape index (κ2) is 12.7. The number of carbonyl (C=O) groups excluding carboxylic acids is 2. The summed E-state index contributed by atoms with van der Waals surface area (Å²) in [7, 11) is 0. The van der Waals surface area contributed by atoms with Crippen molar-refractivity contribution >= 4 is 29.4 Å². The Morgan fingerprint density at radius 2 is 1.79 bits per heavy atom. The predicted molar refractivity (Wildman–Crippen MR) is 137 cm³/mol. The molecule has 1 saturated carbocycles. The average molecular weight is 549 g/mol. The van der Waals surface area contributed by atoms with Crippen LogP contribution in [0.5, 0.6) is 5.75 Å². The SMILES string of the molecule is O=C(O)CC(c1ccc(Cl)c(F)c1)N(Cc1ccc(OCCN2C(=O)CCC2=O)c(F)c1)CC1CCCC1. The van der Waals surface area contributed by atoms with Gasteiger partial charge in [0.1, 0.15) is 12.4 Å². The average Bonchev–Trinajstić information content (AvgIpc) is 3.50. The van der Waals surface area contributed by atoms with E-state index in [1.165, 1.54) is 24.3 Å². The van der Waals surface area contributed by atoms with Crippen LogP contribution in [0.4, 0.5) is 8.78 Å². The summed E-state index contributed by atoms with van der Waals surface area (Å²) in [4.78, 5) is 38.4. The monoisotopic (exact) mass is 548 g/mol. The fraction of sp³-hybridized carbons (Fsp3) is 0.464. The minimum absolute atomic E-state index is 0.00274. The van der Waals surface area contributed by atoms with Gasteiger partial charge in [0, 0.05) is 32.0 Å². The number of carbonyl (C=O) groups is 3. The van der Waals surface area contributed by atoms with Crippen molar-refractivity contribution in [1.82, 2.24) is 9.80 Å². The van der Waals surface area contributed by atoms with Crippen molar-refractivity contribution in [2.45, 2.75) is 57.5 Å². The minimum Gasteiger partial charge on any atom is -0.489 e. The molecule has 204 valence electrons. The quantitative estimate of drug-likeness (QED) is 0.360. The van der Waals surface area contributed by atoms with Gasteiger partial charge >= 0.3 is 5.97 Å². The molecule has 2 fully saturated rings. The van der Waals surface area contributed by atoms with E-state index >= 15 is 0 Å². The molecule has 10 heteroatoms. The number of imide groups is 1. The van der Waals surface area contributed by atoms with Crippen molar-refractivity contribution in [1.29, 1.82) is 0 Å². The molecule has 1 atom stereocenters. The van der Waals surface area contributed by atoms with Gasteiger partial charge < -0.3 is 9.84 Å². The smallest absolute Gasteiger partial charge is 0.305 e. The number of likely N-dealkylation sites (tertiary alicyclic amines) is 1. The number of hydrogen-bond donors (Lipinski definition) is 1. The number of nitrogens with zero attached hydrogens (tertiary/aromatic N) is 2. The lowest BCUT2D eigenvalue weighted by molar-refractivity contribution is -0.140. The molecular weight excluding hydrogens is 518 g/mol. The molecule has 2 aromatic carbocycles. The third-order valence-corrected chi connectivity index (χ3v) is 7.52. The molecule has 1 saturated heterocycles. The van der Waals surface area contributed by atoms with Crippen LogP contribution in [0.2, 0.25) is 5.02 Å². The van der Waals surface area contributed by atoms with Gasteiger partial charge in [0.25, 0.3) is 0 Å². The number of benzene rings is 2. The van der Waals surface area contributed by atoms with Crippen LogP contribution < -0.4 is 4.74 Å². The van der Waals surface area contributed by atoms with Gasteiger partial charge in [0.15, 0.2) is 11.6 Å². The van der Waals surface area contributed by atoms with Gasteiger partial charge in [-0.25, -0.2) is 8.78 Å². The Morgan fingerprint density at radius 1 is 1.08 bits per heavy atom. The van der Waals surface area contributed by atoms with Gasteiger partial charge in [0.2, 0.25) is 11.8 Å². The molecule has 4 rings (SSSR count). The standard InChI is InChI=1S/C28H31ClF2N2O5/c29-21-7-6-20(14-22(21)30)24(15-28(36)37)32(16-18-3-1-2-4-18)17-19-5-8-25(23(31)13-19)38-12-11-33-26(34)9-10-27(33)35/h5-8,13-14,18,24H,1-4,9-12,15-17H2,(H,36,37). The first-order valence-corrected chi connectivity index (χ1v) is 13.2. The molecule has 0 radical (unpaired) electrons. The maximum atomic E-state index is 14.9. The summed E-state index contributed by atoms with van der Waals surface area (Å²) in [6, 6.07) is 8.22. The third-order valence-electron chi connectivity index (χ3n) is 7.21. The number of amides is 2. The molecule has 38 heavy (non-hydrogen) atoms. The predicted octanol–water partition coefficient (Wildman–Crippen LogP) is 5.35. The molecule has 1 aliphatic carbocycles. The zero-order valence-corrected chi connectivity index (χ0v) is 21.8. The number of aliphatic carboxylic acids is 1. The van der Waals surface area contributed by atoms with Crippen LogP contribution in [0.3, 0.4) is 0 Å². The summed E-state index contributed by atoms with van der Waals surface area (Å²) < 4.78 is 34.7. The zero-order chi connectivity index (χ0) is 27.2. The van der Waals surface area contributed by atoms with Crippen LogP contribution in [-0.2, 0) is 20.9 Å². The maximum absolute atomic E-state index is 14.9. The van der Waals surface area contributed by atoms with Gasteiger partial charge in [-0.3, -0.25) is 24.2 Å². The van der Waals surface area contributed by atoms with Crippen LogP contribution in [-0.4, -0.2) is 52.4 Å². The molecular formula is C28H31ClF2N2O5. The molecule has 7 nitrogen and oxygen atoms in total. The van der Waals surface area contributed by atoms with E-state index in [9.17, 15) is 28.3 Å². The summed E-state index contributed by atoms with van der Waals surface area (Å²) in [6.07, 6.45) is 4.38. The third kappa shape index (κ3) is 7.08. The second-order valence-electron chi connectivity index (χ2n) is 9.92. The Kier molecular flexibility index (Phi) is 9.33. The van der Waals surface area contributed by atoms with Crippen molar-refractivity contribution in [3.63, 3.8) is 0 Å². The Labute approximate surface area is 225 Å². The van der Waals surface area contributed by atoms with Crippen molar-refractivity contribution in [2.24, 2.45) is 5.92 Å². The number of carboxylic acids is 1. The normalized spacial score (nSPS) is 17.0. The van der Waals surface area contributed by atoms with Crippen LogP contribution in [0.15, 0.2) is 36.4 Å². The fourth-order valence-corrected chi connectivity index (χ4v) is 5.40. The molecule has 2 aromatic rings. The molecule has 1 aliphatic heterocycles. The van der Waals surface area contributed by atoms with Gasteiger partial charge in [0.05, 0.1) is 18.0 Å². The van der Waals surface area contributed by atoms with Crippen molar-refractivity contribution in [3.8, 4) is 5.75 Å². The Bertz CT molecular complexity index is 1170. The number of ether oxygens (including phenoxy) is 1. The highest BCUT2D eigenvalue weighted by Crippen LogP contribution is 2.34. The highest BCUT2D eigenvalue weighted by atomic mass is 35.5. The first-order chi connectivity index (χ1) is 18.2. The van der Waals surface area contributed by atoms with Crippen LogP contribution in [0.1, 0.15) is 62.1 Å². The lowest BCUT2D eigenvalue weighted by Crippen LogP contribution is -2.34. The molecule has 1 unspecified atom stereocenters. The summed E-state index contributed by atoms with van der Waals surface area (Å²) in [5.74, 6) is -2.39. The highest BCUT2D eigenvalue weighted by molar-refractivity contribution is 6.30. The highest BCUT2D eigenvalue weighted by Gasteiger charge is 2.29. The lowest BCUT2D eigenvalue weighted by atomic mass is 9.98. The van der Waals surface area contributed by atoms with E-state index in [0.29, 0.717) is 23.6 Å². The van der Waals surface area contributed by atoms with E-state index in [-0.39, 0.29) is 61.5 Å². The molecule has 1 heterocycles.